The molecule has 1 aromatic heterocycles. The molecule has 0 fully saturated rings. The van der Waals surface area contributed by atoms with E-state index in [1.54, 1.807) is 61.5 Å². The van der Waals surface area contributed by atoms with Crippen LogP contribution in [0.2, 0.25) is 5.02 Å². The molecule has 0 aliphatic rings. The van der Waals surface area contributed by atoms with Crippen molar-refractivity contribution in [1.82, 2.24) is 0 Å². The predicted molar refractivity (Wildman–Crippen MR) is 116 cm³/mol. The molecule has 0 saturated heterocycles. The number of primary amides is 1. The molecule has 1 heterocycles. The highest BCUT2D eigenvalue weighted by atomic mass is 35.5. The monoisotopic (exact) mass is 428 g/mol. The SMILES string of the molecule is Cc1cc(NC(=O)c2ccccc2Cl)sc1C(=O)Nc1ccc(NC(N)=O)cc1. The minimum Gasteiger partial charge on any atom is -0.351 e. The topological polar surface area (TPSA) is 113 Å². The van der Waals surface area contributed by atoms with Crippen LogP contribution in [0.15, 0.2) is 54.6 Å². The van der Waals surface area contributed by atoms with E-state index in [1.165, 1.54) is 11.3 Å². The number of benzene rings is 2. The van der Waals surface area contributed by atoms with Gasteiger partial charge in [0.05, 0.1) is 20.5 Å². The van der Waals surface area contributed by atoms with Crippen molar-refractivity contribution >= 4 is 57.2 Å². The number of urea groups is 1. The zero-order valence-corrected chi connectivity index (χ0v) is 16.9. The van der Waals surface area contributed by atoms with Gasteiger partial charge >= 0.3 is 6.03 Å². The number of thiophene rings is 1. The molecule has 5 N–H and O–H groups in total. The van der Waals surface area contributed by atoms with Crippen LogP contribution in [-0.4, -0.2) is 17.8 Å². The summed E-state index contributed by atoms with van der Waals surface area (Å²) >= 11 is 7.22. The molecule has 0 aliphatic heterocycles. The third-order valence-corrected chi connectivity index (χ3v) is 5.37. The van der Waals surface area contributed by atoms with E-state index < -0.39 is 6.03 Å². The van der Waals surface area contributed by atoms with Gasteiger partial charge in [0, 0.05) is 11.4 Å². The quantitative estimate of drug-likeness (QED) is 0.472. The first kappa shape index (κ1) is 20.4. The lowest BCUT2D eigenvalue weighted by molar-refractivity contribution is 0.102. The highest BCUT2D eigenvalue weighted by Crippen LogP contribution is 2.28. The van der Waals surface area contributed by atoms with Gasteiger partial charge in [-0.25, -0.2) is 4.79 Å². The number of hydrogen-bond donors (Lipinski definition) is 4. The van der Waals surface area contributed by atoms with Crippen molar-refractivity contribution in [1.29, 1.82) is 0 Å². The highest BCUT2D eigenvalue weighted by molar-refractivity contribution is 7.18. The molecule has 2 aromatic carbocycles. The number of rotatable bonds is 5. The number of amides is 4. The maximum Gasteiger partial charge on any atom is 0.316 e. The van der Waals surface area contributed by atoms with Gasteiger partial charge in [-0.15, -0.1) is 11.3 Å². The largest absolute Gasteiger partial charge is 0.351 e. The summed E-state index contributed by atoms with van der Waals surface area (Å²) in [5, 5.41) is 8.88. The lowest BCUT2D eigenvalue weighted by Gasteiger charge is -2.06. The molecule has 7 nitrogen and oxygen atoms in total. The van der Waals surface area contributed by atoms with E-state index in [-0.39, 0.29) is 11.8 Å². The second-order valence-electron chi connectivity index (χ2n) is 6.08. The number of nitrogens with one attached hydrogen (secondary N) is 3. The summed E-state index contributed by atoms with van der Waals surface area (Å²) in [7, 11) is 0. The van der Waals surface area contributed by atoms with Crippen LogP contribution in [-0.2, 0) is 0 Å². The van der Waals surface area contributed by atoms with E-state index in [4.69, 9.17) is 17.3 Å². The van der Waals surface area contributed by atoms with Crippen molar-refractivity contribution in [3.63, 3.8) is 0 Å². The molecule has 0 aliphatic carbocycles. The molecule has 3 rings (SSSR count). The van der Waals surface area contributed by atoms with Gasteiger partial charge < -0.3 is 21.7 Å². The maximum atomic E-state index is 12.6. The molecule has 4 amide bonds. The normalized spacial score (nSPS) is 10.3. The van der Waals surface area contributed by atoms with Crippen molar-refractivity contribution in [3.8, 4) is 0 Å². The summed E-state index contributed by atoms with van der Waals surface area (Å²) in [6, 6.07) is 14.3. The number of nitrogens with two attached hydrogens (primary N) is 1. The Labute approximate surface area is 175 Å². The van der Waals surface area contributed by atoms with E-state index in [0.717, 1.165) is 5.56 Å². The first-order chi connectivity index (χ1) is 13.8. The van der Waals surface area contributed by atoms with Crippen LogP contribution in [0.5, 0.6) is 0 Å². The van der Waals surface area contributed by atoms with Crippen LogP contribution in [0.3, 0.4) is 0 Å². The average molecular weight is 429 g/mol. The van der Waals surface area contributed by atoms with Crippen molar-refractivity contribution in [2.45, 2.75) is 6.92 Å². The van der Waals surface area contributed by atoms with Gasteiger partial charge in [0.15, 0.2) is 0 Å². The van der Waals surface area contributed by atoms with Gasteiger partial charge in [-0.3, -0.25) is 9.59 Å². The Balaban J connectivity index is 1.69. The minimum absolute atomic E-state index is 0.304. The van der Waals surface area contributed by atoms with Crippen molar-refractivity contribution in [2.24, 2.45) is 5.73 Å². The number of carbonyl (C=O) groups is 3. The highest BCUT2D eigenvalue weighted by Gasteiger charge is 2.17. The van der Waals surface area contributed by atoms with Gasteiger partial charge in [-0.1, -0.05) is 23.7 Å². The predicted octanol–water partition coefficient (Wildman–Crippen LogP) is 4.71. The van der Waals surface area contributed by atoms with E-state index in [1.807, 2.05) is 0 Å². The molecule has 0 radical (unpaired) electrons. The Bertz CT molecular complexity index is 1080. The van der Waals surface area contributed by atoms with Crippen molar-refractivity contribution in [2.75, 3.05) is 16.0 Å². The third-order valence-electron chi connectivity index (χ3n) is 3.89. The minimum atomic E-state index is -0.664. The van der Waals surface area contributed by atoms with Gasteiger partial charge in [0.25, 0.3) is 11.8 Å². The zero-order chi connectivity index (χ0) is 21.0. The first-order valence-electron chi connectivity index (χ1n) is 8.47. The van der Waals surface area contributed by atoms with Crippen LogP contribution in [0.4, 0.5) is 21.2 Å². The number of aryl methyl sites for hydroxylation is 1. The molecule has 0 spiro atoms. The standard InChI is InChI=1S/C20H17ClN4O3S/c1-11-10-16(25-18(26)14-4-2-3-5-15(14)21)29-17(11)19(27)23-12-6-8-13(9-7-12)24-20(22)28/h2-10H,1H3,(H,23,27)(H,25,26)(H3,22,24,28). The Morgan fingerprint density at radius 3 is 2.14 bits per heavy atom. The molecular weight excluding hydrogens is 412 g/mol. The fraction of sp³-hybridized carbons (Fsp3) is 0.0500. The van der Waals surface area contributed by atoms with Gasteiger partial charge in [-0.05, 0) is 55.0 Å². The second-order valence-corrected chi connectivity index (χ2v) is 7.54. The van der Waals surface area contributed by atoms with E-state index >= 15 is 0 Å². The van der Waals surface area contributed by atoms with Crippen LogP contribution >= 0.6 is 22.9 Å². The number of carbonyl (C=O) groups excluding carboxylic acids is 3. The van der Waals surface area contributed by atoms with Crippen molar-refractivity contribution < 1.29 is 14.4 Å². The van der Waals surface area contributed by atoms with E-state index in [0.29, 0.717) is 31.8 Å². The third kappa shape index (κ3) is 5.13. The molecule has 0 bridgehead atoms. The lowest BCUT2D eigenvalue weighted by Crippen LogP contribution is -2.19. The first-order valence-corrected chi connectivity index (χ1v) is 9.67. The lowest BCUT2D eigenvalue weighted by atomic mass is 10.2. The van der Waals surface area contributed by atoms with Crippen LogP contribution in [0.1, 0.15) is 25.6 Å². The number of anilines is 3. The van der Waals surface area contributed by atoms with Gasteiger partial charge in [0.2, 0.25) is 0 Å². The van der Waals surface area contributed by atoms with E-state index in [2.05, 4.69) is 16.0 Å². The Morgan fingerprint density at radius 1 is 0.897 bits per heavy atom. The molecule has 29 heavy (non-hydrogen) atoms. The molecular formula is C20H17ClN4O3S. The van der Waals surface area contributed by atoms with Gasteiger partial charge in [-0.2, -0.15) is 0 Å². The second kappa shape index (κ2) is 8.76. The summed E-state index contributed by atoms with van der Waals surface area (Å²) < 4.78 is 0. The molecule has 0 atom stereocenters. The average Bonchev–Trinajstić information content (AvgIpc) is 3.03. The molecule has 148 valence electrons. The Morgan fingerprint density at radius 2 is 1.52 bits per heavy atom. The van der Waals surface area contributed by atoms with Crippen LogP contribution < -0.4 is 21.7 Å². The van der Waals surface area contributed by atoms with Crippen molar-refractivity contribution in [3.05, 3.63) is 75.6 Å². The van der Waals surface area contributed by atoms with Gasteiger partial charge in [0.1, 0.15) is 0 Å². The maximum absolute atomic E-state index is 12.6. The Kier molecular flexibility index (Phi) is 6.16. The molecule has 0 unspecified atom stereocenters. The smallest absolute Gasteiger partial charge is 0.316 e. The molecule has 0 saturated carbocycles. The summed E-state index contributed by atoms with van der Waals surface area (Å²) in [4.78, 5) is 36.3. The fourth-order valence-corrected chi connectivity index (χ4v) is 3.75. The summed E-state index contributed by atoms with van der Waals surface area (Å²) in [6.07, 6.45) is 0. The summed E-state index contributed by atoms with van der Waals surface area (Å²) in [5.74, 6) is -0.650. The summed E-state index contributed by atoms with van der Waals surface area (Å²) in [5.41, 5.74) is 7.23. The molecule has 3 aromatic rings. The number of hydrogen-bond acceptors (Lipinski definition) is 4. The zero-order valence-electron chi connectivity index (χ0n) is 15.3. The molecule has 9 heteroatoms. The number of halogens is 1. The van der Waals surface area contributed by atoms with Crippen LogP contribution in [0, 0.1) is 6.92 Å². The Hall–Kier alpha value is -3.36. The van der Waals surface area contributed by atoms with E-state index in [9.17, 15) is 14.4 Å². The fourth-order valence-electron chi connectivity index (χ4n) is 2.56. The summed E-state index contributed by atoms with van der Waals surface area (Å²) in [6.45, 7) is 1.79. The van der Waals surface area contributed by atoms with Crippen LogP contribution in [0.25, 0.3) is 0 Å².